The fourth-order valence-corrected chi connectivity index (χ4v) is 2.39. The molecule has 1 aromatic rings. The Morgan fingerprint density at radius 3 is 2.69 bits per heavy atom. The molecule has 1 aromatic carbocycles. The van der Waals surface area contributed by atoms with Crippen LogP contribution in [0.3, 0.4) is 0 Å². The number of hydrogen-bond donors (Lipinski definition) is 2. The van der Waals surface area contributed by atoms with E-state index in [2.05, 4.69) is 9.82 Å². The highest BCUT2D eigenvalue weighted by atomic mass is 32.2. The smallest absolute Gasteiger partial charge is 0.285 e. The minimum Gasteiger partial charge on any atom is -0.307 e. The van der Waals surface area contributed by atoms with E-state index in [9.17, 15) is 8.42 Å². The van der Waals surface area contributed by atoms with Crippen LogP contribution < -0.4 is 11.3 Å². The Morgan fingerprint density at radius 2 is 2.00 bits per heavy atom. The first kappa shape index (κ1) is 8.21. The Bertz CT molecular complexity index is 478. The average molecular weight is 197 g/mol. The SMILES string of the molecule is NNC1=NS(=O)(=O)c2ccccc21. The van der Waals surface area contributed by atoms with Gasteiger partial charge in [0.05, 0.1) is 0 Å². The number of fused-ring (bicyclic) bond motifs is 1. The number of sulfonamides is 1. The van der Waals surface area contributed by atoms with E-state index in [1.165, 1.54) is 6.07 Å². The Hall–Kier alpha value is -1.40. The Balaban J connectivity index is 2.76. The van der Waals surface area contributed by atoms with Gasteiger partial charge in [0.25, 0.3) is 10.0 Å². The van der Waals surface area contributed by atoms with E-state index < -0.39 is 10.0 Å². The molecule has 0 aromatic heterocycles. The van der Waals surface area contributed by atoms with Crippen molar-refractivity contribution in [2.75, 3.05) is 0 Å². The van der Waals surface area contributed by atoms with Crippen molar-refractivity contribution in [3.8, 4) is 0 Å². The van der Waals surface area contributed by atoms with Crippen LogP contribution in [0.4, 0.5) is 0 Å². The number of nitrogens with two attached hydrogens (primary N) is 1. The monoisotopic (exact) mass is 197 g/mol. The van der Waals surface area contributed by atoms with Crippen molar-refractivity contribution >= 4 is 15.9 Å². The zero-order valence-corrected chi connectivity index (χ0v) is 7.38. The Morgan fingerprint density at radius 1 is 1.31 bits per heavy atom. The van der Waals surface area contributed by atoms with Gasteiger partial charge in [-0.15, -0.1) is 4.40 Å². The number of rotatable bonds is 0. The van der Waals surface area contributed by atoms with E-state index in [1.807, 2.05) is 0 Å². The Kier molecular flexibility index (Phi) is 1.61. The molecule has 0 radical (unpaired) electrons. The average Bonchev–Trinajstić information content (AvgIpc) is 2.39. The van der Waals surface area contributed by atoms with Gasteiger partial charge in [-0.2, -0.15) is 8.42 Å². The zero-order valence-electron chi connectivity index (χ0n) is 6.56. The number of hydrazine groups is 1. The molecule has 0 atom stereocenters. The third-order valence-corrected chi connectivity index (χ3v) is 3.10. The first-order chi connectivity index (χ1) is 6.15. The van der Waals surface area contributed by atoms with E-state index in [-0.39, 0.29) is 10.7 Å². The standard InChI is InChI=1S/C7H7N3O2S/c8-9-7-5-3-1-2-4-6(5)13(11,12)10-7/h1-4H,8H2,(H,9,10). The van der Waals surface area contributed by atoms with Gasteiger partial charge >= 0.3 is 0 Å². The fraction of sp³-hybridized carbons (Fsp3) is 0. The van der Waals surface area contributed by atoms with Crippen LogP contribution in [0.2, 0.25) is 0 Å². The number of hydrogen-bond acceptors (Lipinski definition) is 4. The molecular formula is C7H7N3O2S. The highest BCUT2D eigenvalue weighted by Gasteiger charge is 2.27. The van der Waals surface area contributed by atoms with Crippen molar-refractivity contribution in [2.24, 2.45) is 10.2 Å². The molecule has 0 saturated carbocycles. The van der Waals surface area contributed by atoms with Crippen LogP contribution in [0.1, 0.15) is 5.56 Å². The maximum atomic E-state index is 11.3. The summed E-state index contributed by atoms with van der Waals surface area (Å²) >= 11 is 0. The number of amidine groups is 1. The molecule has 5 nitrogen and oxygen atoms in total. The lowest BCUT2D eigenvalue weighted by molar-refractivity contribution is 0.599. The molecule has 0 aliphatic carbocycles. The summed E-state index contributed by atoms with van der Waals surface area (Å²) in [5, 5.41) is 0. The van der Waals surface area contributed by atoms with Crippen LogP contribution in [0.5, 0.6) is 0 Å². The third-order valence-electron chi connectivity index (χ3n) is 1.77. The predicted octanol–water partition coefficient (Wildman–Crippen LogP) is -0.401. The molecule has 1 aliphatic heterocycles. The van der Waals surface area contributed by atoms with Gasteiger partial charge < -0.3 is 5.43 Å². The number of nitrogens with zero attached hydrogens (tertiary/aromatic N) is 1. The largest absolute Gasteiger partial charge is 0.307 e. The number of nitrogens with one attached hydrogen (secondary N) is 1. The van der Waals surface area contributed by atoms with Crippen LogP contribution >= 0.6 is 0 Å². The molecule has 68 valence electrons. The van der Waals surface area contributed by atoms with Gasteiger partial charge in [-0.1, -0.05) is 12.1 Å². The lowest BCUT2D eigenvalue weighted by Crippen LogP contribution is -2.29. The fourth-order valence-electron chi connectivity index (χ4n) is 1.21. The predicted molar refractivity (Wildman–Crippen MR) is 47.5 cm³/mol. The maximum absolute atomic E-state index is 11.3. The topological polar surface area (TPSA) is 84.5 Å². The van der Waals surface area contributed by atoms with Crippen LogP contribution in [-0.2, 0) is 10.0 Å². The molecular weight excluding hydrogens is 190 g/mol. The highest BCUT2D eigenvalue weighted by Crippen LogP contribution is 2.24. The van der Waals surface area contributed by atoms with Crippen molar-refractivity contribution in [3.05, 3.63) is 29.8 Å². The summed E-state index contributed by atoms with van der Waals surface area (Å²) in [6.07, 6.45) is 0. The van der Waals surface area contributed by atoms with E-state index in [1.54, 1.807) is 18.2 Å². The molecule has 0 spiro atoms. The van der Waals surface area contributed by atoms with Gasteiger partial charge in [0.2, 0.25) is 0 Å². The normalized spacial score (nSPS) is 17.8. The van der Waals surface area contributed by atoms with Crippen LogP contribution in [0.25, 0.3) is 0 Å². The van der Waals surface area contributed by atoms with Crippen LogP contribution in [-0.4, -0.2) is 14.3 Å². The molecule has 3 N–H and O–H groups in total. The first-order valence-corrected chi connectivity index (χ1v) is 5.00. The summed E-state index contributed by atoms with van der Waals surface area (Å²) in [5.74, 6) is 5.31. The summed E-state index contributed by atoms with van der Waals surface area (Å²) in [6, 6.07) is 6.52. The molecule has 0 bridgehead atoms. The highest BCUT2D eigenvalue weighted by molar-refractivity contribution is 7.90. The number of benzene rings is 1. The molecule has 0 unspecified atom stereocenters. The van der Waals surface area contributed by atoms with Gasteiger partial charge in [-0.05, 0) is 12.1 Å². The lowest BCUT2D eigenvalue weighted by atomic mass is 10.2. The molecule has 13 heavy (non-hydrogen) atoms. The van der Waals surface area contributed by atoms with Gasteiger partial charge in [0.1, 0.15) is 4.90 Å². The molecule has 0 saturated heterocycles. The van der Waals surface area contributed by atoms with E-state index >= 15 is 0 Å². The second-order valence-corrected chi connectivity index (χ2v) is 4.13. The summed E-state index contributed by atoms with van der Waals surface area (Å²) in [6.45, 7) is 0. The lowest BCUT2D eigenvalue weighted by Gasteiger charge is -1.97. The van der Waals surface area contributed by atoms with Gasteiger partial charge in [-0.3, -0.25) is 0 Å². The quantitative estimate of drug-likeness (QED) is 0.437. The van der Waals surface area contributed by atoms with Crippen molar-refractivity contribution < 1.29 is 8.42 Å². The minimum atomic E-state index is -3.52. The van der Waals surface area contributed by atoms with Gasteiger partial charge in [0.15, 0.2) is 5.84 Å². The van der Waals surface area contributed by atoms with Gasteiger partial charge in [0, 0.05) is 5.56 Å². The van der Waals surface area contributed by atoms with E-state index in [4.69, 9.17) is 5.84 Å². The molecule has 2 rings (SSSR count). The molecule has 0 fully saturated rings. The summed E-state index contributed by atoms with van der Waals surface area (Å²) in [7, 11) is -3.52. The molecule has 1 heterocycles. The third kappa shape index (κ3) is 1.11. The maximum Gasteiger partial charge on any atom is 0.285 e. The van der Waals surface area contributed by atoms with Crippen LogP contribution in [0, 0.1) is 0 Å². The van der Waals surface area contributed by atoms with E-state index in [0.717, 1.165) is 0 Å². The van der Waals surface area contributed by atoms with Crippen LogP contribution in [0.15, 0.2) is 33.6 Å². The second-order valence-electron chi connectivity index (χ2n) is 2.56. The first-order valence-electron chi connectivity index (χ1n) is 3.56. The van der Waals surface area contributed by atoms with Crippen molar-refractivity contribution in [2.45, 2.75) is 4.90 Å². The molecule has 1 aliphatic rings. The molecule has 0 amide bonds. The summed E-state index contributed by atoms with van der Waals surface area (Å²) < 4.78 is 26.1. The summed E-state index contributed by atoms with van der Waals surface area (Å²) in [5.41, 5.74) is 2.77. The Labute approximate surface area is 75.3 Å². The van der Waals surface area contributed by atoms with Crippen molar-refractivity contribution in [3.63, 3.8) is 0 Å². The zero-order chi connectivity index (χ0) is 9.47. The second kappa shape index (κ2) is 2.54. The van der Waals surface area contributed by atoms with Gasteiger partial charge in [-0.25, -0.2) is 5.84 Å². The molecule has 6 heteroatoms. The van der Waals surface area contributed by atoms with Crippen molar-refractivity contribution in [1.29, 1.82) is 0 Å². The minimum absolute atomic E-state index is 0.190. The van der Waals surface area contributed by atoms with Crippen molar-refractivity contribution in [1.82, 2.24) is 5.43 Å². The van der Waals surface area contributed by atoms with E-state index in [0.29, 0.717) is 5.56 Å². The summed E-state index contributed by atoms with van der Waals surface area (Å²) in [4.78, 5) is 0.197.